The minimum atomic E-state index is 0.125. The second kappa shape index (κ2) is 5.17. The second-order valence-electron chi connectivity index (χ2n) is 5.56. The van der Waals surface area contributed by atoms with E-state index in [-0.39, 0.29) is 6.04 Å². The largest absolute Gasteiger partial charge is 0.342 e. The molecule has 0 bridgehead atoms. The summed E-state index contributed by atoms with van der Waals surface area (Å²) in [7, 11) is 0. The van der Waals surface area contributed by atoms with Gasteiger partial charge in [0.05, 0.1) is 11.9 Å². The Morgan fingerprint density at radius 2 is 1.74 bits per heavy atom. The quantitative estimate of drug-likeness (QED) is 0.887. The third kappa shape index (κ3) is 2.71. The maximum Gasteiger partial charge on any atom is 0.108 e. The topological polar surface area (TPSA) is 54.7 Å². The van der Waals surface area contributed by atoms with Crippen molar-refractivity contribution in [2.45, 2.75) is 47.1 Å². The maximum atomic E-state index is 5.82. The summed E-state index contributed by atoms with van der Waals surface area (Å²) in [6.45, 7) is 10.6. The Kier molecular flexibility index (Phi) is 3.76. The SMILES string of the molecule is Cc1cc(C)c(C)c(-c2cnc(CC(C)N)[nH]2)c1C. The zero-order valence-corrected chi connectivity index (χ0v) is 12.5. The Morgan fingerprint density at radius 1 is 1.16 bits per heavy atom. The lowest BCUT2D eigenvalue weighted by atomic mass is 9.93. The summed E-state index contributed by atoms with van der Waals surface area (Å²) in [6.07, 6.45) is 2.70. The number of hydrogen-bond acceptors (Lipinski definition) is 2. The molecule has 0 radical (unpaired) electrons. The molecule has 0 aliphatic carbocycles. The van der Waals surface area contributed by atoms with Crippen LogP contribution in [0.2, 0.25) is 0 Å². The molecule has 0 saturated carbocycles. The van der Waals surface area contributed by atoms with Crippen molar-refractivity contribution < 1.29 is 0 Å². The molecular formula is C16H23N3. The molecule has 1 atom stereocenters. The average molecular weight is 257 g/mol. The van der Waals surface area contributed by atoms with Crippen LogP contribution in [0.1, 0.15) is 35.0 Å². The molecule has 0 fully saturated rings. The van der Waals surface area contributed by atoms with Gasteiger partial charge in [-0.05, 0) is 56.9 Å². The van der Waals surface area contributed by atoms with Crippen LogP contribution in [0.3, 0.4) is 0 Å². The lowest BCUT2D eigenvalue weighted by molar-refractivity contribution is 0.710. The van der Waals surface area contributed by atoms with E-state index in [4.69, 9.17) is 5.73 Å². The van der Waals surface area contributed by atoms with Gasteiger partial charge in [0, 0.05) is 18.0 Å². The fourth-order valence-electron chi connectivity index (χ4n) is 2.52. The Bertz CT molecular complexity index is 568. The van der Waals surface area contributed by atoms with Crippen molar-refractivity contribution in [3.05, 3.63) is 40.3 Å². The van der Waals surface area contributed by atoms with Gasteiger partial charge in [0.2, 0.25) is 0 Å². The number of nitrogens with one attached hydrogen (secondary N) is 1. The van der Waals surface area contributed by atoms with Gasteiger partial charge >= 0.3 is 0 Å². The van der Waals surface area contributed by atoms with E-state index in [1.807, 2.05) is 13.1 Å². The van der Waals surface area contributed by atoms with Crippen molar-refractivity contribution in [1.82, 2.24) is 9.97 Å². The molecule has 102 valence electrons. The molecule has 0 spiro atoms. The maximum absolute atomic E-state index is 5.82. The second-order valence-corrected chi connectivity index (χ2v) is 5.56. The van der Waals surface area contributed by atoms with Crippen molar-refractivity contribution in [2.24, 2.45) is 5.73 Å². The van der Waals surface area contributed by atoms with Crippen LogP contribution in [0.15, 0.2) is 12.3 Å². The van der Waals surface area contributed by atoms with Gasteiger partial charge in [-0.25, -0.2) is 4.98 Å². The van der Waals surface area contributed by atoms with E-state index in [9.17, 15) is 0 Å². The van der Waals surface area contributed by atoms with Gasteiger partial charge in [-0.3, -0.25) is 0 Å². The van der Waals surface area contributed by atoms with Crippen LogP contribution in [0.5, 0.6) is 0 Å². The molecule has 2 aromatic rings. The number of H-pyrrole nitrogens is 1. The Morgan fingerprint density at radius 3 is 2.26 bits per heavy atom. The lowest BCUT2D eigenvalue weighted by Crippen LogP contribution is -2.18. The van der Waals surface area contributed by atoms with E-state index >= 15 is 0 Å². The molecule has 0 saturated heterocycles. The molecule has 0 aliphatic heterocycles. The van der Waals surface area contributed by atoms with Crippen molar-refractivity contribution in [3.8, 4) is 11.3 Å². The smallest absolute Gasteiger partial charge is 0.108 e. The zero-order valence-electron chi connectivity index (χ0n) is 12.5. The third-order valence-electron chi connectivity index (χ3n) is 3.78. The summed E-state index contributed by atoms with van der Waals surface area (Å²) < 4.78 is 0. The molecule has 1 unspecified atom stereocenters. The summed E-state index contributed by atoms with van der Waals surface area (Å²) in [5.74, 6) is 0.961. The summed E-state index contributed by atoms with van der Waals surface area (Å²) in [4.78, 5) is 7.84. The molecule has 19 heavy (non-hydrogen) atoms. The highest BCUT2D eigenvalue weighted by molar-refractivity contribution is 5.70. The highest BCUT2D eigenvalue weighted by Crippen LogP contribution is 2.30. The molecule has 3 nitrogen and oxygen atoms in total. The number of nitrogens with two attached hydrogens (primary N) is 1. The fraction of sp³-hybridized carbons (Fsp3) is 0.438. The molecule has 2 rings (SSSR count). The third-order valence-corrected chi connectivity index (χ3v) is 3.78. The van der Waals surface area contributed by atoms with E-state index in [0.717, 1.165) is 17.9 Å². The van der Waals surface area contributed by atoms with Crippen LogP contribution < -0.4 is 5.73 Å². The summed E-state index contributed by atoms with van der Waals surface area (Å²) >= 11 is 0. The van der Waals surface area contributed by atoms with Gasteiger partial charge in [0.1, 0.15) is 5.82 Å². The normalized spacial score (nSPS) is 12.7. The summed E-state index contributed by atoms with van der Waals surface area (Å²) in [5.41, 5.74) is 13.5. The number of aromatic nitrogens is 2. The molecule has 1 aromatic heterocycles. The van der Waals surface area contributed by atoms with Crippen LogP contribution in [-0.2, 0) is 6.42 Å². The number of aromatic amines is 1. The van der Waals surface area contributed by atoms with Crippen molar-refractivity contribution in [1.29, 1.82) is 0 Å². The van der Waals surface area contributed by atoms with E-state index < -0.39 is 0 Å². The average Bonchev–Trinajstić information content (AvgIpc) is 2.74. The number of imidazole rings is 1. The number of benzene rings is 1. The van der Waals surface area contributed by atoms with Crippen LogP contribution in [0.25, 0.3) is 11.3 Å². The van der Waals surface area contributed by atoms with Crippen LogP contribution in [0, 0.1) is 27.7 Å². The van der Waals surface area contributed by atoms with Crippen molar-refractivity contribution in [3.63, 3.8) is 0 Å². The van der Waals surface area contributed by atoms with Crippen LogP contribution in [0.4, 0.5) is 0 Å². The van der Waals surface area contributed by atoms with Gasteiger partial charge in [0.15, 0.2) is 0 Å². The first kappa shape index (κ1) is 13.8. The van der Waals surface area contributed by atoms with E-state index in [0.29, 0.717) is 0 Å². The van der Waals surface area contributed by atoms with Crippen LogP contribution in [-0.4, -0.2) is 16.0 Å². The first-order chi connectivity index (χ1) is 8.90. The van der Waals surface area contributed by atoms with Crippen molar-refractivity contribution >= 4 is 0 Å². The van der Waals surface area contributed by atoms with Gasteiger partial charge < -0.3 is 10.7 Å². The Balaban J connectivity index is 2.50. The van der Waals surface area contributed by atoms with Gasteiger partial charge in [-0.1, -0.05) is 6.07 Å². The fourth-order valence-corrected chi connectivity index (χ4v) is 2.52. The molecular weight excluding hydrogens is 234 g/mol. The molecule has 0 amide bonds. The summed E-state index contributed by atoms with van der Waals surface area (Å²) in [6, 6.07) is 2.37. The summed E-state index contributed by atoms with van der Waals surface area (Å²) in [5, 5.41) is 0. The Hall–Kier alpha value is -1.61. The van der Waals surface area contributed by atoms with Gasteiger partial charge in [0.25, 0.3) is 0 Å². The number of hydrogen-bond donors (Lipinski definition) is 2. The van der Waals surface area contributed by atoms with Gasteiger partial charge in [-0.2, -0.15) is 0 Å². The first-order valence-corrected chi connectivity index (χ1v) is 6.77. The zero-order chi connectivity index (χ0) is 14.2. The number of aryl methyl sites for hydroxylation is 2. The minimum Gasteiger partial charge on any atom is -0.342 e. The van der Waals surface area contributed by atoms with Gasteiger partial charge in [-0.15, -0.1) is 0 Å². The van der Waals surface area contributed by atoms with Crippen LogP contribution >= 0.6 is 0 Å². The molecule has 1 aromatic carbocycles. The molecule has 3 heteroatoms. The van der Waals surface area contributed by atoms with E-state index in [1.54, 1.807) is 0 Å². The standard InChI is InChI=1S/C16H23N3/c1-9-6-10(2)13(5)16(12(9)4)14-8-18-15(19-14)7-11(3)17/h6,8,11H,7,17H2,1-5H3,(H,18,19). The first-order valence-electron chi connectivity index (χ1n) is 6.77. The molecule has 3 N–H and O–H groups in total. The minimum absolute atomic E-state index is 0.125. The van der Waals surface area contributed by atoms with E-state index in [1.165, 1.54) is 27.8 Å². The highest BCUT2D eigenvalue weighted by Gasteiger charge is 2.13. The number of nitrogens with zero attached hydrogens (tertiary/aromatic N) is 1. The number of rotatable bonds is 3. The highest BCUT2D eigenvalue weighted by atomic mass is 14.9. The molecule has 1 heterocycles. The van der Waals surface area contributed by atoms with E-state index in [2.05, 4.69) is 43.7 Å². The monoisotopic (exact) mass is 257 g/mol. The lowest BCUT2D eigenvalue weighted by Gasteiger charge is -2.13. The van der Waals surface area contributed by atoms with Crippen molar-refractivity contribution in [2.75, 3.05) is 0 Å². The Labute approximate surface area is 115 Å². The predicted octanol–water partition coefficient (Wildman–Crippen LogP) is 3.20. The molecule has 0 aliphatic rings. The predicted molar refractivity (Wildman–Crippen MR) is 80.3 cm³/mol.